The molecule has 0 atom stereocenters. The molecule has 1 aromatic carbocycles. The van der Waals surface area contributed by atoms with Crippen LogP contribution in [0.1, 0.15) is 41.8 Å². The molecule has 0 bridgehead atoms. The quantitative estimate of drug-likeness (QED) is 0.796. The van der Waals surface area contributed by atoms with Crippen LogP contribution < -0.4 is 9.62 Å². The van der Waals surface area contributed by atoms with E-state index in [0.29, 0.717) is 15.6 Å². The highest BCUT2D eigenvalue weighted by Crippen LogP contribution is 2.30. The molecule has 0 aliphatic heterocycles. The third-order valence-corrected chi connectivity index (χ3v) is 7.54. The van der Waals surface area contributed by atoms with Gasteiger partial charge in [0.05, 0.1) is 10.6 Å². The molecule has 1 aliphatic carbocycles. The van der Waals surface area contributed by atoms with E-state index in [1.807, 2.05) is 0 Å². The summed E-state index contributed by atoms with van der Waals surface area (Å²) in [4.78, 5) is 13.2. The molecule has 1 fully saturated rings. The van der Waals surface area contributed by atoms with Gasteiger partial charge in [0, 0.05) is 18.1 Å². The molecule has 1 amide bonds. The van der Waals surface area contributed by atoms with E-state index in [4.69, 9.17) is 11.6 Å². The number of anilines is 1. The Bertz CT molecular complexity index is 872. The van der Waals surface area contributed by atoms with Crippen LogP contribution in [0, 0.1) is 0 Å². The van der Waals surface area contributed by atoms with Crippen LogP contribution in [-0.2, 0) is 10.0 Å². The maximum atomic E-state index is 12.9. The summed E-state index contributed by atoms with van der Waals surface area (Å²) in [7, 11) is -2.30. The first kappa shape index (κ1) is 19.2. The molecule has 1 N–H and O–H groups in total. The van der Waals surface area contributed by atoms with Crippen molar-refractivity contribution in [2.75, 3.05) is 11.4 Å². The zero-order valence-electron chi connectivity index (χ0n) is 14.4. The summed E-state index contributed by atoms with van der Waals surface area (Å²) < 4.78 is 26.9. The Labute approximate surface area is 163 Å². The van der Waals surface area contributed by atoms with Crippen molar-refractivity contribution in [2.45, 2.75) is 43.0 Å². The van der Waals surface area contributed by atoms with E-state index in [-0.39, 0.29) is 16.8 Å². The number of sulfonamides is 1. The summed E-state index contributed by atoms with van der Waals surface area (Å²) in [5.74, 6) is -0.208. The molecule has 0 saturated heterocycles. The van der Waals surface area contributed by atoms with Crippen molar-refractivity contribution in [1.29, 1.82) is 0 Å². The number of hydrogen-bond acceptors (Lipinski definition) is 4. The van der Waals surface area contributed by atoms with Crippen molar-refractivity contribution in [1.82, 2.24) is 5.32 Å². The second-order valence-electron chi connectivity index (χ2n) is 6.37. The Balaban J connectivity index is 1.82. The number of amides is 1. The summed E-state index contributed by atoms with van der Waals surface area (Å²) >= 11 is 7.09. The van der Waals surface area contributed by atoms with Gasteiger partial charge in [0.25, 0.3) is 15.9 Å². The minimum atomic E-state index is -3.77. The molecule has 5 nitrogen and oxygen atoms in total. The number of carbonyl (C=O) groups is 1. The number of benzene rings is 1. The predicted octanol–water partition coefficient (Wildman–Crippen LogP) is 4.29. The van der Waals surface area contributed by atoms with E-state index < -0.39 is 10.0 Å². The normalized spacial score (nSPS) is 15.6. The lowest BCUT2D eigenvalue weighted by molar-refractivity contribution is 0.0932. The van der Waals surface area contributed by atoms with E-state index in [9.17, 15) is 13.2 Å². The predicted molar refractivity (Wildman–Crippen MR) is 106 cm³/mol. The third-order valence-electron chi connectivity index (χ3n) is 4.60. The van der Waals surface area contributed by atoms with Gasteiger partial charge in [-0.15, -0.1) is 11.3 Å². The van der Waals surface area contributed by atoms with Gasteiger partial charge < -0.3 is 5.32 Å². The van der Waals surface area contributed by atoms with Gasteiger partial charge in [-0.2, -0.15) is 0 Å². The maximum absolute atomic E-state index is 12.9. The van der Waals surface area contributed by atoms with Crippen LogP contribution in [0.4, 0.5) is 5.69 Å². The van der Waals surface area contributed by atoms with Crippen LogP contribution in [-0.4, -0.2) is 27.4 Å². The third kappa shape index (κ3) is 4.05. The van der Waals surface area contributed by atoms with Gasteiger partial charge in [0.1, 0.15) is 4.88 Å². The lowest BCUT2D eigenvalue weighted by Gasteiger charge is -2.24. The average Bonchev–Trinajstić information content (AvgIpc) is 3.12. The SMILES string of the molecule is CN(c1ccsc1C(=O)NC1CCCCC1)S(=O)(=O)c1ccc(Cl)cc1. The van der Waals surface area contributed by atoms with Crippen molar-refractivity contribution >= 4 is 44.6 Å². The summed E-state index contributed by atoms with van der Waals surface area (Å²) in [5.41, 5.74) is 0.387. The highest BCUT2D eigenvalue weighted by molar-refractivity contribution is 7.92. The number of halogens is 1. The fourth-order valence-electron chi connectivity index (χ4n) is 3.11. The number of hydrogen-bond donors (Lipinski definition) is 1. The second kappa shape index (κ2) is 7.98. The van der Waals surface area contributed by atoms with Crippen LogP contribution in [0.2, 0.25) is 5.02 Å². The summed E-state index contributed by atoms with van der Waals surface area (Å²) in [6.45, 7) is 0. The van der Waals surface area contributed by atoms with Crippen molar-refractivity contribution < 1.29 is 13.2 Å². The van der Waals surface area contributed by atoms with Crippen molar-refractivity contribution in [3.63, 3.8) is 0 Å². The first-order valence-electron chi connectivity index (χ1n) is 8.52. The number of carbonyl (C=O) groups excluding carboxylic acids is 1. The maximum Gasteiger partial charge on any atom is 0.264 e. The fourth-order valence-corrected chi connectivity index (χ4v) is 5.33. The standard InChI is InChI=1S/C18H21ClN2O3S2/c1-21(26(23,24)15-9-7-13(19)8-10-15)16-11-12-25-17(16)18(22)20-14-5-3-2-4-6-14/h7-12,14H,2-6H2,1H3,(H,20,22). The molecule has 26 heavy (non-hydrogen) atoms. The first-order chi connectivity index (χ1) is 12.4. The average molecular weight is 413 g/mol. The van der Waals surface area contributed by atoms with Gasteiger partial charge in [-0.3, -0.25) is 9.10 Å². The molecular formula is C18H21ClN2O3S2. The highest BCUT2D eigenvalue weighted by atomic mass is 35.5. The Morgan fingerprint density at radius 3 is 2.46 bits per heavy atom. The number of nitrogens with one attached hydrogen (secondary N) is 1. The van der Waals surface area contributed by atoms with E-state index in [1.54, 1.807) is 11.4 Å². The van der Waals surface area contributed by atoms with E-state index >= 15 is 0 Å². The smallest absolute Gasteiger partial charge is 0.264 e. The molecule has 3 rings (SSSR count). The van der Waals surface area contributed by atoms with Gasteiger partial charge in [-0.05, 0) is 48.6 Å². The number of nitrogens with zero attached hydrogens (tertiary/aromatic N) is 1. The summed E-state index contributed by atoms with van der Waals surface area (Å²) in [6, 6.07) is 7.82. The first-order valence-corrected chi connectivity index (χ1v) is 11.2. The molecule has 0 radical (unpaired) electrons. The fraction of sp³-hybridized carbons (Fsp3) is 0.389. The van der Waals surface area contributed by atoms with Crippen LogP contribution >= 0.6 is 22.9 Å². The monoisotopic (exact) mass is 412 g/mol. The van der Waals surface area contributed by atoms with E-state index in [1.165, 1.54) is 49.1 Å². The Kier molecular flexibility index (Phi) is 5.89. The van der Waals surface area contributed by atoms with Gasteiger partial charge in [0.15, 0.2) is 0 Å². The van der Waals surface area contributed by atoms with Crippen molar-refractivity contribution in [3.8, 4) is 0 Å². The molecule has 1 aliphatic rings. The zero-order valence-corrected chi connectivity index (χ0v) is 16.8. The molecule has 0 unspecified atom stereocenters. The van der Waals surface area contributed by atoms with Crippen LogP contribution in [0.3, 0.4) is 0 Å². The molecule has 0 spiro atoms. The molecule has 1 heterocycles. The molecule has 8 heteroatoms. The number of rotatable bonds is 5. The summed E-state index contributed by atoms with van der Waals surface area (Å²) in [5, 5.41) is 5.25. The lowest BCUT2D eigenvalue weighted by atomic mass is 9.95. The van der Waals surface area contributed by atoms with Crippen LogP contribution in [0.15, 0.2) is 40.6 Å². The lowest BCUT2D eigenvalue weighted by Crippen LogP contribution is -2.37. The topological polar surface area (TPSA) is 66.5 Å². The van der Waals surface area contributed by atoms with Gasteiger partial charge >= 0.3 is 0 Å². The Morgan fingerprint density at radius 2 is 1.81 bits per heavy atom. The second-order valence-corrected chi connectivity index (χ2v) is 9.69. The molecule has 2 aromatic rings. The Morgan fingerprint density at radius 1 is 1.15 bits per heavy atom. The minimum Gasteiger partial charge on any atom is -0.349 e. The van der Waals surface area contributed by atoms with Gasteiger partial charge in [0.2, 0.25) is 0 Å². The molecule has 1 aromatic heterocycles. The zero-order chi connectivity index (χ0) is 18.7. The summed E-state index contributed by atoms with van der Waals surface area (Å²) in [6.07, 6.45) is 5.40. The minimum absolute atomic E-state index is 0.134. The molecule has 140 valence electrons. The van der Waals surface area contributed by atoms with Crippen LogP contribution in [0.5, 0.6) is 0 Å². The van der Waals surface area contributed by atoms with Crippen molar-refractivity contribution in [2.24, 2.45) is 0 Å². The van der Waals surface area contributed by atoms with Gasteiger partial charge in [-0.25, -0.2) is 8.42 Å². The van der Waals surface area contributed by atoms with Crippen molar-refractivity contribution in [3.05, 3.63) is 45.6 Å². The van der Waals surface area contributed by atoms with E-state index in [2.05, 4.69) is 5.32 Å². The largest absolute Gasteiger partial charge is 0.349 e. The van der Waals surface area contributed by atoms with Crippen LogP contribution in [0.25, 0.3) is 0 Å². The van der Waals surface area contributed by atoms with Gasteiger partial charge in [-0.1, -0.05) is 30.9 Å². The molecule has 1 saturated carbocycles. The number of thiophene rings is 1. The Hall–Kier alpha value is -1.57. The van der Waals surface area contributed by atoms with E-state index in [0.717, 1.165) is 30.0 Å². The molecular weight excluding hydrogens is 392 g/mol. The highest BCUT2D eigenvalue weighted by Gasteiger charge is 2.27.